The topological polar surface area (TPSA) is 123 Å². The van der Waals surface area contributed by atoms with E-state index in [2.05, 4.69) is 33.0 Å². The van der Waals surface area contributed by atoms with Crippen molar-refractivity contribution in [2.75, 3.05) is 29.0 Å². The van der Waals surface area contributed by atoms with E-state index in [0.29, 0.717) is 12.2 Å². The van der Waals surface area contributed by atoms with E-state index in [4.69, 9.17) is 18.4 Å². The number of piperidine rings is 1. The molecule has 0 bridgehead atoms. The molecule has 10 nitrogen and oxygen atoms in total. The standard InChI is InChI=1S/C25H24F2N8O2S2/c26-13-7-9-34-19(13)24(37)35(12-4-2-1-3-5-12)23(32-34)20(39)15-10-17(38)14(27)11-33(15)22-18-16(36)6-8-29-21(18)30-25(28)31-22/h1-5,7,9,14-15,17,20,38-39H,6,8,10-11H2,(H3,28,29,30,31). The van der Waals surface area contributed by atoms with Gasteiger partial charge >= 0.3 is 0 Å². The zero-order valence-electron chi connectivity index (χ0n) is 20.4. The van der Waals surface area contributed by atoms with Gasteiger partial charge in [0.1, 0.15) is 23.4 Å². The van der Waals surface area contributed by atoms with Crippen molar-refractivity contribution in [3.63, 3.8) is 0 Å². The minimum atomic E-state index is -1.35. The zero-order valence-corrected chi connectivity index (χ0v) is 22.2. The van der Waals surface area contributed by atoms with Gasteiger partial charge in [-0.25, -0.2) is 13.3 Å². The number of nitrogens with two attached hydrogens (primary N) is 1. The normalized spacial score (nSPS) is 22.0. The summed E-state index contributed by atoms with van der Waals surface area (Å²) in [5, 5.41) is 6.16. The number of halogens is 2. The first-order valence-electron chi connectivity index (χ1n) is 12.3. The minimum Gasteiger partial charge on any atom is -0.369 e. The predicted molar refractivity (Wildman–Crippen MR) is 150 cm³/mol. The third-order valence-corrected chi connectivity index (χ3v) is 8.19. The van der Waals surface area contributed by atoms with Crippen LogP contribution in [0, 0.1) is 5.82 Å². The van der Waals surface area contributed by atoms with Gasteiger partial charge in [-0.3, -0.25) is 14.2 Å². The number of aromatic nitrogens is 5. The summed E-state index contributed by atoms with van der Waals surface area (Å²) in [6.45, 7) is 0.244. The fourth-order valence-corrected chi connectivity index (χ4v) is 5.99. The third kappa shape index (κ3) is 4.31. The zero-order chi connectivity index (χ0) is 27.4. The molecule has 4 aromatic rings. The number of nitrogen functional groups attached to an aromatic ring is 1. The van der Waals surface area contributed by atoms with E-state index in [1.807, 2.05) is 0 Å². The molecule has 2 aliphatic rings. The number of para-hydroxylation sites is 1. The van der Waals surface area contributed by atoms with Crippen molar-refractivity contribution in [2.24, 2.45) is 0 Å². The highest BCUT2D eigenvalue weighted by molar-refractivity contribution is 7.81. The van der Waals surface area contributed by atoms with E-state index in [-0.39, 0.29) is 59.7 Å². The Morgan fingerprint density at radius 2 is 1.92 bits per heavy atom. The summed E-state index contributed by atoms with van der Waals surface area (Å²) >= 11 is 9.39. The maximum atomic E-state index is 15.2. The molecular formula is C25H24F2N8O2S2. The minimum absolute atomic E-state index is 0.0765. The molecule has 202 valence electrons. The highest BCUT2D eigenvalue weighted by Crippen LogP contribution is 2.40. The number of ketones is 1. The quantitative estimate of drug-likeness (QED) is 0.276. The lowest BCUT2D eigenvalue weighted by Crippen LogP contribution is -2.52. The van der Waals surface area contributed by atoms with Crippen LogP contribution in [0.3, 0.4) is 0 Å². The molecule has 3 aromatic heterocycles. The molecule has 2 aliphatic heterocycles. The van der Waals surface area contributed by atoms with Gasteiger partial charge in [0.25, 0.3) is 5.56 Å². The number of hydrogen-bond donors (Lipinski definition) is 4. The number of benzene rings is 1. The number of carbonyl (C=O) groups excluding carboxylic acids is 1. The summed E-state index contributed by atoms with van der Waals surface area (Å²) in [5.74, 6) is -0.305. The second-order valence-electron chi connectivity index (χ2n) is 9.50. The molecule has 6 rings (SSSR count). The number of Topliss-reactive ketones (excluding diaryl/α,β-unsaturated/α-hetero) is 1. The van der Waals surface area contributed by atoms with Crippen molar-refractivity contribution in [2.45, 2.75) is 35.6 Å². The smallest absolute Gasteiger partial charge is 0.285 e. The van der Waals surface area contributed by atoms with Gasteiger partial charge in [0.05, 0.1) is 23.5 Å². The van der Waals surface area contributed by atoms with E-state index >= 15 is 4.39 Å². The Morgan fingerprint density at radius 1 is 1.15 bits per heavy atom. The molecule has 4 atom stereocenters. The van der Waals surface area contributed by atoms with Gasteiger partial charge in [0, 0.05) is 24.4 Å². The van der Waals surface area contributed by atoms with Gasteiger partial charge in [-0.2, -0.15) is 40.3 Å². The first-order chi connectivity index (χ1) is 18.7. The second-order valence-corrected chi connectivity index (χ2v) is 10.7. The summed E-state index contributed by atoms with van der Waals surface area (Å²) < 4.78 is 32.2. The van der Waals surface area contributed by atoms with Crippen LogP contribution in [-0.4, -0.2) is 60.5 Å². The molecule has 4 unspecified atom stereocenters. The molecule has 0 spiro atoms. The molecule has 14 heteroatoms. The molecule has 5 heterocycles. The number of nitrogens with zero attached hydrogens (tertiary/aromatic N) is 6. The summed E-state index contributed by atoms with van der Waals surface area (Å²) in [7, 11) is 0. The summed E-state index contributed by atoms with van der Waals surface area (Å²) in [6.07, 6.45) is 0.403. The van der Waals surface area contributed by atoms with Gasteiger partial charge in [0.15, 0.2) is 22.9 Å². The Kier molecular flexibility index (Phi) is 6.46. The number of nitrogens with one attached hydrogen (secondary N) is 1. The van der Waals surface area contributed by atoms with Crippen LogP contribution in [-0.2, 0) is 0 Å². The molecular weight excluding hydrogens is 546 g/mol. The molecule has 0 amide bonds. The average Bonchev–Trinajstić information content (AvgIpc) is 3.30. The van der Waals surface area contributed by atoms with Crippen LogP contribution in [0.4, 0.5) is 26.4 Å². The highest BCUT2D eigenvalue weighted by atomic mass is 32.1. The van der Waals surface area contributed by atoms with Gasteiger partial charge in [-0.1, -0.05) is 18.2 Å². The molecule has 3 N–H and O–H groups in total. The Hall–Kier alpha value is -3.65. The SMILES string of the molecule is Nc1nc2c(c(N3CC(F)C(S)CC3C(S)c3nn4ccc(F)c4c(=O)n3-c3ccccc3)n1)C(=O)CCN2. The van der Waals surface area contributed by atoms with Gasteiger partial charge in [0.2, 0.25) is 5.95 Å². The van der Waals surface area contributed by atoms with E-state index in [1.54, 1.807) is 35.2 Å². The number of thiol groups is 2. The Labute approximate surface area is 232 Å². The predicted octanol–water partition coefficient (Wildman–Crippen LogP) is 2.88. The highest BCUT2D eigenvalue weighted by Gasteiger charge is 2.42. The van der Waals surface area contributed by atoms with Gasteiger partial charge < -0.3 is 16.0 Å². The van der Waals surface area contributed by atoms with Crippen molar-refractivity contribution in [3.8, 4) is 5.69 Å². The van der Waals surface area contributed by atoms with Crippen molar-refractivity contribution in [1.82, 2.24) is 24.1 Å². The summed E-state index contributed by atoms with van der Waals surface area (Å²) in [4.78, 5) is 36.8. The van der Waals surface area contributed by atoms with Crippen LogP contribution in [0.5, 0.6) is 0 Å². The number of hydrogen-bond acceptors (Lipinski definition) is 10. The number of fused-ring (bicyclic) bond motifs is 2. The molecule has 0 aliphatic carbocycles. The van der Waals surface area contributed by atoms with E-state index in [9.17, 15) is 14.0 Å². The fourth-order valence-electron chi connectivity index (χ4n) is 5.23. The monoisotopic (exact) mass is 570 g/mol. The van der Waals surface area contributed by atoms with Crippen molar-refractivity contribution in [1.29, 1.82) is 0 Å². The van der Waals surface area contributed by atoms with Crippen molar-refractivity contribution >= 4 is 54.1 Å². The Morgan fingerprint density at radius 3 is 2.69 bits per heavy atom. The Balaban J connectivity index is 1.54. The Bertz CT molecular complexity index is 1650. The van der Waals surface area contributed by atoms with E-state index < -0.39 is 34.1 Å². The third-order valence-electron chi connectivity index (χ3n) is 7.08. The molecule has 0 saturated carbocycles. The molecule has 1 aromatic carbocycles. The van der Waals surface area contributed by atoms with Gasteiger partial charge in [-0.05, 0) is 24.6 Å². The van der Waals surface area contributed by atoms with Crippen LogP contribution >= 0.6 is 25.3 Å². The maximum Gasteiger partial charge on any atom is 0.285 e. The molecule has 1 saturated heterocycles. The van der Waals surface area contributed by atoms with Crippen molar-refractivity contribution < 1.29 is 13.6 Å². The number of anilines is 3. The second kappa shape index (κ2) is 9.83. The number of rotatable bonds is 4. The maximum absolute atomic E-state index is 15.2. The van der Waals surface area contributed by atoms with Crippen molar-refractivity contribution in [3.05, 3.63) is 70.2 Å². The lowest BCUT2D eigenvalue weighted by Gasteiger charge is -2.44. The van der Waals surface area contributed by atoms with Crippen LogP contribution in [0.25, 0.3) is 11.2 Å². The first kappa shape index (κ1) is 25.6. The van der Waals surface area contributed by atoms with Gasteiger partial charge in [-0.15, -0.1) is 0 Å². The van der Waals surface area contributed by atoms with Crippen LogP contribution in [0.15, 0.2) is 47.4 Å². The molecule has 1 fully saturated rings. The summed E-state index contributed by atoms with van der Waals surface area (Å²) in [6, 6.07) is 9.22. The lowest BCUT2D eigenvalue weighted by molar-refractivity contribution is 0.0983. The number of carbonyl (C=O) groups is 1. The van der Waals surface area contributed by atoms with Crippen LogP contribution < -0.4 is 21.5 Å². The fraction of sp³-hybridized carbons (Fsp3) is 0.320. The summed E-state index contributed by atoms with van der Waals surface area (Å²) in [5.41, 5.74) is 5.84. The first-order valence-corrected chi connectivity index (χ1v) is 13.3. The van der Waals surface area contributed by atoms with E-state index in [0.717, 1.165) is 6.07 Å². The largest absolute Gasteiger partial charge is 0.369 e. The van der Waals surface area contributed by atoms with Crippen LogP contribution in [0.2, 0.25) is 0 Å². The average molecular weight is 571 g/mol. The van der Waals surface area contributed by atoms with Crippen LogP contribution in [0.1, 0.15) is 34.3 Å². The van der Waals surface area contributed by atoms with E-state index in [1.165, 1.54) is 15.3 Å². The lowest BCUT2D eigenvalue weighted by atomic mass is 9.95. The number of alkyl halides is 1. The molecule has 0 radical (unpaired) electrons. The molecule has 39 heavy (non-hydrogen) atoms.